The lowest BCUT2D eigenvalue weighted by Gasteiger charge is -2.38. The molecule has 2 amide bonds. The molecule has 0 aromatic heterocycles. The first-order valence-electron chi connectivity index (χ1n) is 7.97. The van der Waals surface area contributed by atoms with Gasteiger partial charge in [0, 0.05) is 33.1 Å². The highest BCUT2D eigenvalue weighted by atomic mass is 16.5. The third kappa shape index (κ3) is 2.57. The number of ether oxygens (including phenoxy) is 1. The van der Waals surface area contributed by atoms with Crippen LogP contribution in [0.25, 0.3) is 0 Å². The molecule has 1 aliphatic carbocycles. The van der Waals surface area contributed by atoms with Crippen molar-refractivity contribution in [2.45, 2.75) is 25.3 Å². The topological polar surface area (TPSA) is 75.9 Å². The van der Waals surface area contributed by atoms with Gasteiger partial charge in [0.05, 0.1) is 7.11 Å². The summed E-state index contributed by atoms with van der Waals surface area (Å²) in [5.41, 5.74) is 7.46. The van der Waals surface area contributed by atoms with Crippen molar-refractivity contribution < 1.29 is 14.3 Å². The summed E-state index contributed by atoms with van der Waals surface area (Å²) < 4.78 is 5.39. The molecule has 1 aliphatic heterocycles. The van der Waals surface area contributed by atoms with Gasteiger partial charge in [0.2, 0.25) is 11.8 Å². The van der Waals surface area contributed by atoms with Gasteiger partial charge in [-0.2, -0.15) is 0 Å². The van der Waals surface area contributed by atoms with Gasteiger partial charge < -0.3 is 20.3 Å². The van der Waals surface area contributed by atoms with Gasteiger partial charge in [0.1, 0.15) is 11.3 Å². The lowest BCUT2D eigenvalue weighted by molar-refractivity contribution is -0.142. The van der Waals surface area contributed by atoms with Gasteiger partial charge in [-0.05, 0) is 30.0 Å². The van der Waals surface area contributed by atoms with Crippen LogP contribution >= 0.6 is 0 Å². The standard InChI is InChI=1S/C17H23N3O3/c1-12(21)19-8-10-20(11-9-19)16(22)17(18)7-6-13-14(17)4-3-5-15(13)23-2/h3-5H,6-11,18H2,1-2H3/t17-/m1/s1. The number of carbonyl (C=O) groups is 2. The van der Waals surface area contributed by atoms with Crippen molar-refractivity contribution in [2.24, 2.45) is 5.73 Å². The van der Waals surface area contributed by atoms with Crippen LogP contribution in [0, 0.1) is 0 Å². The molecule has 6 nitrogen and oxygen atoms in total. The molecule has 1 heterocycles. The third-order valence-corrected chi connectivity index (χ3v) is 5.00. The number of hydrogen-bond donors (Lipinski definition) is 1. The number of piperazine rings is 1. The molecule has 2 N–H and O–H groups in total. The van der Waals surface area contributed by atoms with Crippen molar-refractivity contribution in [2.75, 3.05) is 33.3 Å². The second-order valence-corrected chi connectivity index (χ2v) is 6.26. The Bertz CT molecular complexity index is 638. The Hall–Kier alpha value is -2.08. The number of carbonyl (C=O) groups excluding carboxylic acids is 2. The zero-order valence-corrected chi connectivity index (χ0v) is 13.7. The lowest BCUT2D eigenvalue weighted by Crippen LogP contribution is -2.57. The number of benzene rings is 1. The predicted octanol–water partition coefficient (Wildman–Crippen LogP) is 0.486. The van der Waals surface area contributed by atoms with Gasteiger partial charge in [-0.15, -0.1) is 0 Å². The van der Waals surface area contributed by atoms with E-state index >= 15 is 0 Å². The molecule has 1 aromatic carbocycles. The fourth-order valence-electron chi connectivity index (χ4n) is 3.62. The zero-order valence-electron chi connectivity index (χ0n) is 13.7. The SMILES string of the molecule is COc1cccc2c1CC[C@]2(N)C(=O)N1CCN(C(C)=O)CC1. The smallest absolute Gasteiger partial charge is 0.247 e. The van der Waals surface area contributed by atoms with E-state index < -0.39 is 5.54 Å². The molecule has 1 atom stereocenters. The molecule has 1 saturated heterocycles. The summed E-state index contributed by atoms with van der Waals surface area (Å²) in [7, 11) is 1.63. The van der Waals surface area contributed by atoms with Gasteiger partial charge in [0.25, 0.3) is 0 Å². The van der Waals surface area contributed by atoms with E-state index in [-0.39, 0.29) is 11.8 Å². The molecule has 1 fully saturated rings. The summed E-state index contributed by atoms with van der Waals surface area (Å²) in [5.74, 6) is 0.798. The molecule has 23 heavy (non-hydrogen) atoms. The predicted molar refractivity (Wildman–Crippen MR) is 86.0 cm³/mol. The van der Waals surface area contributed by atoms with Crippen LogP contribution in [0.3, 0.4) is 0 Å². The van der Waals surface area contributed by atoms with E-state index in [0.29, 0.717) is 32.6 Å². The van der Waals surface area contributed by atoms with Crippen LogP contribution in [0.1, 0.15) is 24.5 Å². The van der Waals surface area contributed by atoms with Crippen LogP contribution in [-0.2, 0) is 21.5 Å². The van der Waals surface area contributed by atoms with Crippen molar-refractivity contribution >= 4 is 11.8 Å². The van der Waals surface area contributed by atoms with E-state index in [2.05, 4.69) is 0 Å². The highest BCUT2D eigenvalue weighted by Crippen LogP contribution is 2.40. The van der Waals surface area contributed by atoms with E-state index in [1.165, 1.54) is 0 Å². The number of nitrogens with zero attached hydrogens (tertiary/aromatic N) is 2. The minimum atomic E-state index is -0.984. The quantitative estimate of drug-likeness (QED) is 0.861. The van der Waals surface area contributed by atoms with Crippen molar-refractivity contribution in [1.29, 1.82) is 0 Å². The molecule has 124 valence electrons. The average Bonchev–Trinajstić information content (AvgIpc) is 2.93. The van der Waals surface area contributed by atoms with E-state index in [1.807, 2.05) is 18.2 Å². The summed E-state index contributed by atoms with van der Waals surface area (Å²) in [6.07, 6.45) is 1.34. The molecule has 0 saturated carbocycles. The highest BCUT2D eigenvalue weighted by molar-refractivity contribution is 5.89. The fourth-order valence-corrected chi connectivity index (χ4v) is 3.62. The molecule has 3 rings (SSSR count). The van der Waals surface area contributed by atoms with Crippen molar-refractivity contribution in [3.63, 3.8) is 0 Å². The first-order chi connectivity index (χ1) is 11.0. The molecule has 0 spiro atoms. The lowest BCUT2D eigenvalue weighted by atomic mass is 9.91. The van der Waals surface area contributed by atoms with Gasteiger partial charge >= 0.3 is 0 Å². The minimum Gasteiger partial charge on any atom is -0.496 e. The van der Waals surface area contributed by atoms with Crippen LogP contribution in [-0.4, -0.2) is 54.9 Å². The van der Waals surface area contributed by atoms with Crippen LogP contribution in [0.15, 0.2) is 18.2 Å². The first-order valence-corrected chi connectivity index (χ1v) is 7.97. The second kappa shape index (κ2) is 5.85. The second-order valence-electron chi connectivity index (χ2n) is 6.26. The fraction of sp³-hybridized carbons (Fsp3) is 0.529. The maximum Gasteiger partial charge on any atom is 0.247 e. The molecule has 0 unspecified atom stereocenters. The molecule has 0 radical (unpaired) electrons. The van der Waals surface area contributed by atoms with Gasteiger partial charge in [-0.1, -0.05) is 12.1 Å². The van der Waals surface area contributed by atoms with E-state index in [1.54, 1.807) is 23.8 Å². The Balaban J connectivity index is 1.81. The number of nitrogens with two attached hydrogens (primary N) is 1. The maximum atomic E-state index is 13.0. The molecular weight excluding hydrogens is 294 g/mol. The Kier molecular flexibility index (Phi) is 4.02. The van der Waals surface area contributed by atoms with Crippen molar-refractivity contribution in [3.05, 3.63) is 29.3 Å². The van der Waals surface area contributed by atoms with Gasteiger partial charge in [-0.3, -0.25) is 9.59 Å². The normalized spacial score (nSPS) is 23.6. The number of methoxy groups -OCH3 is 1. The van der Waals surface area contributed by atoms with Crippen LogP contribution < -0.4 is 10.5 Å². The summed E-state index contributed by atoms with van der Waals surface area (Å²) in [6.45, 7) is 3.78. The highest BCUT2D eigenvalue weighted by Gasteiger charge is 2.45. The van der Waals surface area contributed by atoms with Crippen LogP contribution in [0.4, 0.5) is 0 Å². The van der Waals surface area contributed by atoms with Gasteiger partial charge in [-0.25, -0.2) is 0 Å². The summed E-state index contributed by atoms with van der Waals surface area (Å²) in [4.78, 5) is 28.0. The molecule has 1 aromatic rings. The maximum absolute atomic E-state index is 13.0. The molecule has 6 heteroatoms. The summed E-state index contributed by atoms with van der Waals surface area (Å²) in [6, 6.07) is 5.71. The number of hydrogen-bond acceptors (Lipinski definition) is 4. The largest absolute Gasteiger partial charge is 0.496 e. The summed E-state index contributed by atoms with van der Waals surface area (Å²) >= 11 is 0. The van der Waals surface area contributed by atoms with E-state index in [9.17, 15) is 9.59 Å². The Morgan fingerprint density at radius 2 is 1.83 bits per heavy atom. The van der Waals surface area contributed by atoms with E-state index in [0.717, 1.165) is 23.3 Å². The Morgan fingerprint density at radius 1 is 1.17 bits per heavy atom. The Morgan fingerprint density at radius 3 is 2.43 bits per heavy atom. The van der Waals surface area contributed by atoms with Crippen LogP contribution in [0.5, 0.6) is 5.75 Å². The number of amides is 2. The number of rotatable bonds is 2. The first kappa shape index (κ1) is 15.8. The monoisotopic (exact) mass is 317 g/mol. The zero-order chi connectivity index (χ0) is 16.6. The van der Waals surface area contributed by atoms with E-state index in [4.69, 9.17) is 10.5 Å². The molecule has 2 aliphatic rings. The van der Waals surface area contributed by atoms with Crippen LogP contribution in [0.2, 0.25) is 0 Å². The van der Waals surface area contributed by atoms with Crippen molar-refractivity contribution in [1.82, 2.24) is 9.80 Å². The average molecular weight is 317 g/mol. The molecule has 0 bridgehead atoms. The minimum absolute atomic E-state index is 0.0484. The summed E-state index contributed by atoms with van der Waals surface area (Å²) in [5, 5.41) is 0. The van der Waals surface area contributed by atoms with Crippen molar-refractivity contribution in [3.8, 4) is 5.75 Å². The molecular formula is C17H23N3O3. The third-order valence-electron chi connectivity index (χ3n) is 5.00. The number of fused-ring (bicyclic) bond motifs is 1. The van der Waals surface area contributed by atoms with Gasteiger partial charge in [0.15, 0.2) is 0 Å². The Labute approximate surface area is 136 Å².